The summed E-state index contributed by atoms with van der Waals surface area (Å²) in [5, 5.41) is 2.07. The minimum Gasteiger partial charge on any atom is -0.494 e. The van der Waals surface area contributed by atoms with E-state index in [-0.39, 0.29) is 0 Å². The van der Waals surface area contributed by atoms with Crippen molar-refractivity contribution < 1.29 is 14.3 Å². The Balaban J connectivity index is 1.36. The van der Waals surface area contributed by atoms with Crippen LogP contribution in [0.1, 0.15) is 75.6 Å². The first kappa shape index (κ1) is 28.8. The fraction of sp³-hybridized carbons (Fsp3) is 0.308. The molecule has 0 saturated carbocycles. The lowest BCUT2D eigenvalue weighted by molar-refractivity contribution is 0.112. The zero-order chi connectivity index (χ0) is 29.6. The van der Waals surface area contributed by atoms with Crippen LogP contribution in [0.25, 0.3) is 49.6 Å². The number of rotatable bonds is 15. The van der Waals surface area contributed by atoms with Gasteiger partial charge < -0.3 is 13.9 Å². The van der Waals surface area contributed by atoms with Crippen molar-refractivity contribution >= 4 is 33.6 Å². The zero-order valence-electron chi connectivity index (χ0n) is 25.4. The van der Waals surface area contributed by atoms with Crippen LogP contribution in [0, 0.1) is 0 Å². The summed E-state index contributed by atoms with van der Waals surface area (Å²) in [7, 11) is 0. The van der Waals surface area contributed by atoms with E-state index in [4.69, 9.17) is 9.47 Å². The predicted molar refractivity (Wildman–Crippen MR) is 179 cm³/mol. The van der Waals surface area contributed by atoms with Crippen molar-refractivity contribution in [3.8, 4) is 33.8 Å². The Labute approximate surface area is 254 Å². The molecule has 43 heavy (non-hydrogen) atoms. The van der Waals surface area contributed by atoms with E-state index in [1.54, 1.807) is 0 Å². The van der Waals surface area contributed by atoms with E-state index in [1.807, 2.05) is 6.07 Å². The van der Waals surface area contributed by atoms with Crippen molar-refractivity contribution in [1.82, 2.24) is 4.40 Å². The Bertz CT molecular complexity index is 1780. The van der Waals surface area contributed by atoms with Gasteiger partial charge in [-0.25, -0.2) is 0 Å². The maximum absolute atomic E-state index is 12.2. The van der Waals surface area contributed by atoms with Crippen molar-refractivity contribution in [3.05, 3.63) is 90.5 Å². The van der Waals surface area contributed by atoms with E-state index in [2.05, 4.69) is 97.1 Å². The third kappa shape index (κ3) is 5.97. The van der Waals surface area contributed by atoms with Crippen LogP contribution >= 0.6 is 0 Å². The molecule has 0 saturated heterocycles. The molecule has 0 N–H and O–H groups in total. The molecule has 4 nitrogen and oxygen atoms in total. The molecule has 0 radical (unpaired) electrons. The number of benzene rings is 3. The number of aromatic nitrogens is 1. The van der Waals surface area contributed by atoms with Crippen molar-refractivity contribution in [2.45, 2.75) is 65.2 Å². The Morgan fingerprint density at radius 1 is 0.605 bits per heavy atom. The van der Waals surface area contributed by atoms with Crippen molar-refractivity contribution in [3.63, 3.8) is 0 Å². The first-order chi connectivity index (χ1) is 21.2. The Morgan fingerprint density at radius 2 is 1.14 bits per heavy atom. The number of hydrogen-bond acceptors (Lipinski definition) is 3. The zero-order valence-corrected chi connectivity index (χ0v) is 25.4. The van der Waals surface area contributed by atoms with E-state index in [9.17, 15) is 4.79 Å². The molecule has 0 atom stereocenters. The Hall–Kier alpha value is -4.31. The van der Waals surface area contributed by atoms with Crippen LogP contribution in [0.4, 0.5) is 0 Å². The number of pyridine rings is 2. The fourth-order valence-electron chi connectivity index (χ4n) is 6.17. The molecule has 0 amide bonds. The quantitative estimate of drug-likeness (QED) is 0.0909. The number of hydrogen-bond donors (Lipinski definition) is 0. The van der Waals surface area contributed by atoms with E-state index in [0.29, 0.717) is 5.56 Å². The normalized spacial score (nSPS) is 11.6. The average Bonchev–Trinajstić information content (AvgIpc) is 3.50. The molecule has 4 heteroatoms. The third-order valence-electron chi connectivity index (χ3n) is 8.52. The first-order valence-electron chi connectivity index (χ1n) is 16.0. The van der Waals surface area contributed by atoms with Gasteiger partial charge in [-0.2, -0.15) is 0 Å². The highest BCUT2D eigenvalue weighted by molar-refractivity contribution is 6.12. The van der Waals surface area contributed by atoms with E-state index in [1.165, 1.54) is 38.5 Å². The van der Waals surface area contributed by atoms with Gasteiger partial charge in [0.25, 0.3) is 0 Å². The van der Waals surface area contributed by atoms with Gasteiger partial charge in [-0.05, 0) is 77.9 Å². The van der Waals surface area contributed by atoms with Gasteiger partial charge in [-0.3, -0.25) is 4.79 Å². The molecule has 3 heterocycles. The molecule has 3 aromatic carbocycles. The van der Waals surface area contributed by atoms with Crippen LogP contribution < -0.4 is 9.47 Å². The molecule has 220 valence electrons. The van der Waals surface area contributed by atoms with Crippen LogP contribution in [0.3, 0.4) is 0 Å². The highest BCUT2D eigenvalue weighted by Crippen LogP contribution is 2.40. The summed E-state index contributed by atoms with van der Waals surface area (Å²) in [5.41, 5.74) is 8.52. The van der Waals surface area contributed by atoms with E-state index in [0.717, 1.165) is 93.4 Å². The van der Waals surface area contributed by atoms with Crippen molar-refractivity contribution in [2.24, 2.45) is 0 Å². The number of unbranched alkanes of at least 4 members (excludes halogenated alkanes) is 6. The van der Waals surface area contributed by atoms with Crippen LogP contribution in [-0.4, -0.2) is 23.9 Å². The molecule has 0 aliphatic rings. The van der Waals surface area contributed by atoms with Crippen molar-refractivity contribution in [2.75, 3.05) is 13.2 Å². The Morgan fingerprint density at radius 3 is 1.65 bits per heavy atom. The van der Waals surface area contributed by atoms with Gasteiger partial charge in [0.2, 0.25) is 0 Å². The second-order valence-electron chi connectivity index (χ2n) is 11.5. The maximum Gasteiger partial charge on any atom is 0.150 e. The lowest BCUT2D eigenvalue weighted by Crippen LogP contribution is -1.99. The number of ether oxygens (including phenoxy) is 2. The average molecular weight is 572 g/mol. The third-order valence-corrected chi connectivity index (χ3v) is 8.52. The predicted octanol–water partition coefficient (Wildman–Crippen LogP) is 10.7. The molecule has 0 aliphatic carbocycles. The number of aldehydes is 1. The summed E-state index contributed by atoms with van der Waals surface area (Å²) in [4.78, 5) is 12.2. The van der Waals surface area contributed by atoms with Crippen LogP contribution in [0.5, 0.6) is 11.5 Å². The molecule has 0 fully saturated rings. The summed E-state index contributed by atoms with van der Waals surface area (Å²) < 4.78 is 14.3. The largest absolute Gasteiger partial charge is 0.494 e. The summed E-state index contributed by atoms with van der Waals surface area (Å²) in [6, 6.07) is 29.7. The van der Waals surface area contributed by atoms with Crippen molar-refractivity contribution in [1.29, 1.82) is 0 Å². The minimum atomic E-state index is 0.700. The highest BCUT2D eigenvalue weighted by atomic mass is 16.5. The second-order valence-corrected chi connectivity index (χ2v) is 11.5. The van der Waals surface area contributed by atoms with Crippen LogP contribution in [0.15, 0.2) is 84.9 Å². The molecule has 0 spiro atoms. The van der Waals surface area contributed by atoms with Gasteiger partial charge in [0, 0.05) is 22.1 Å². The van der Waals surface area contributed by atoms with Gasteiger partial charge in [-0.1, -0.05) is 88.8 Å². The minimum absolute atomic E-state index is 0.700. The summed E-state index contributed by atoms with van der Waals surface area (Å²) in [6.07, 6.45) is 10.5. The maximum atomic E-state index is 12.2. The summed E-state index contributed by atoms with van der Waals surface area (Å²) in [5.74, 6) is 1.80. The highest BCUT2D eigenvalue weighted by Gasteiger charge is 2.18. The number of carbonyl (C=O) groups is 1. The number of carbonyl (C=O) groups excluding carboxylic acids is 1. The van der Waals surface area contributed by atoms with Gasteiger partial charge in [-0.15, -0.1) is 0 Å². The SMILES string of the molecule is CCCCCCOc1ccc(-c2cc3ccc(C=O)c4cc(-c5ccc(OCCCCCC)cc5)c5ccc2n5c34)cc1. The standard InChI is InChI=1S/C39H41NO3/c1-3-5-7-9-23-42-32-17-13-28(14-18-32)34-25-30-11-12-31(27-41)36-26-35(38-22-21-37(34)40(38)39(30)36)29-15-19-33(20-16-29)43-24-10-8-6-4-2/h11-22,25-27H,3-10,23-24H2,1-2H3. The molecule has 0 bridgehead atoms. The molecular formula is C39H41NO3. The lowest BCUT2D eigenvalue weighted by atomic mass is 9.96. The van der Waals surface area contributed by atoms with E-state index < -0.39 is 0 Å². The lowest BCUT2D eigenvalue weighted by Gasteiger charge is -2.17. The van der Waals surface area contributed by atoms with Crippen LogP contribution in [-0.2, 0) is 0 Å². The number of nitrogens with zero attached hydrogens (tertiary/aromatic N) is 1. The molecule has 0 unspecified atom stereocenters. The second kappa shape index (κ2) is 13.3. The van der Waals surface area contributed by atoms with Gasteiger partial charge in [0.15, 0.2) is 6.29 Å². The fourth-order valence-corrected chi connectivity index (χ4v) is 6.17. The molecule has 6 rings (SSSR count). The first-order valence-corrected chi connectivity index (χ1v) is 16.0. The van der Waals surface area contributed by atoms with Crippen LogP contribution in [0.2, 0.25) is 0 Å². The summed E-state index contributed by atoms with van der Waals surface area (Å²) >= 11 is 0. The van der Waals surface area contributed by atoms with Gasteiger partial charge >= 0.3 is 0 Å². The van der Waals surface area contributed by atoms with Gasteiger partial charge in [0.1, 0.15) is 11.5 Å². The topological polar surface area (TPSA) is 39.9 Å². The smallest absolute Gasteiger partial charge is 0.150 e. The van der Waals surface area contributed by atoms with Gasteiger partial charge in [0.05, 0.1) is 29.8 Å². The molecular weight excluding hydrogens is 530 g/mol. The monoisotopic (exact) mass is 571 g/mol. The van der Waals surface area contributed by atoms with E-state index >= 15 is 0 Å². The summed E-state index contributed by atoms with van der Waals surface area (Å²) in [6.45, 7) is 5.95. The molecule has 6 aromatic rings. The molecule has 3 aromatic heterocycles. The Kier molecular flexibility index (Phi) is 8.93. The molecule has 0 aliphatic heterocycles.